The van der Waals surface area contributed by atoms with E-state index in [0.29, 0.717) is 6.04 Å². The van der Waals surface area contributed by atoms with Crippen LogP contribution in [0.2, 0.25) is 0 Å². The number of nitrogens with one attached hydrogen (secondary N) is 1. The van der Waals surface area contributed by atoms with E-state index < -0.39 is 0 Å². The van der Waals surface area contributed by atoms with Crippen LogP contribution in [0.3, 0.4) is 0 Å². The second kappa shape index (κ2) is 6.91. The molecule has 0 spiro atoms. The van der Waals surface area contributed by atoms with Crippen LogP contribution in [0.5, 0.6) is 0 Å². The average Bonchev–Trinajstić information content (AvgIpc) is 2.91. The van der Waals surface area contributed by atoms with Crippen LogP contribution in [0.25, 0.3) is 0 Å². The number of piperidine rings is 1. The maximum absolute atomic E-state index is 3.92. The van der Waals surface area contributed by atoms with Gasteiger partial charge in [0.05, 0.1) is 0 Å². The van der Waals surface area contributed by atoms with Gasteiger partial charge in [0.15, 0.2) is 0 Å². The molecule has 21 heavy (non-hydrogen) atoms. The zero-order valence-electron chi connectivity index (χ0n) is 13.5. The van der Waals surface area contributed by atoms with Crippen LogP contribution in [-0.2, 0) is 6.54 Å². The van der Waals surface area contributed by atoms with E-state index in [-0.39, 0.29) is 0 Å². The molecule has 1 aromatic carbocycles. The zero-order chi connectivity index (χ0) is 14.7. The van der Waals surface area contributed by atoms with Crippen molar-refractivity contribution in [2.75, 3.05) is 26.7 Å². The van der Waals surface area contributed by atoms with Crippen molar-refractivity contribution in [3.8, 4) is 0 Å². The summed E-state index contributed by atoms with van der Waals surface area (Å²) in [5, 5.41) is 3.92. The van der Waals surface area contributed by atoms with Crippen LogP contribution in [0.4, 0.5) is 0 Å². The van der Waals surface area contributed by atoms with Crippen LogP contribution in [0.15, 0.2) is 30.3 Å². The van der Waals surface area contributed by atoms with Crippen LogP contribution >= 0.6 is 0 Å². The normalized spacial score (nSPS) is 31.6. The van der Waals surface area contributed by atoms with Gasteiger partial charge >= 0.3 is 0 Å². The molecule has 0 bridgehead atoms. The van der Waals surface area contributed by atoms with E-state index in [0.717, 1.165) is 18.6 Å². The van der Waals surface area contributed by atoms with Gasteiger partial charge in [-0.25, -0.2) is 0 Å². The molecule has 0 aromatic heterocycles. The maximum atomic E-state index is 3.92. The fourth-order valence-corrected chi connectivity index (χ4v) is 3.73. The minimum absolute atomic E-state index is 0.689. The molecule has 3 heteroatoms. The maximum Gasteiger partial charge on any atom is 0.0234 e. The Hall–Kier alpha value is -0.900. The molecule has 0 aliphatic carbocycles. The molecule has 0 amide bonds. The molecule has 2 heterocycles. The molecular formula is C18H29N3. The molecular weight excluding hydrogens is 258 g/mol. The topological polar surface area (TPSA) is 18.5 Å². The lowest BCUT2D eigenvalue weighted by atomic mass is 9.98. The second-order valence-electron chi connectivity index (χ2n) is 6.92. The Balaban J connectivity index is 1.44. The van der Waals surface area contributed by atoms with Crippen LogP contribution < -0.4 is 5.32 Å². The third-order valence-corrected chi connectivity index (χ3v) is 5.20. The second-order valence-corrected chi connectivity index (χ2v) is 6.92. The number of likely N-dealkylation sites (tertiary alicyclic amines) is 2. The van der Waals surface area contributed by atoms with Crippen molar-refractivity contribution in [1.29, 1.82) is 0 Å². The summed E-state index contributed by atoms with van der Waals surface area (Å²) in [6.07, 6.45) is 3.90. The molecule has 3 atom stereocenters. The molecule has 2 fully saturated rings. The van der Waals surface area contributed by atoms with E-state index in [1.54, 1.807) is 0 Å². The summed E-state index contributed by atoms with van der Waals surface area (Å²) >= 11 is 0. The molecule has 2 aliphatic rings. The molecule has 3 unspecified atom stereocenters. The molecule has 0 radical (unpaired) electrons. The van der Waals surface area contributed by atoms with Gasteiger partial charge in [0.1, 0.15) is 0 Å². The lowest BCUT2D eigenvalue weighted by Gasteiger charge is -2.36. The molecule has 2 saturated heterocycles. The number of rotatable bonds is 4. The van der Waals surface area contributed by atoms with Crippen molar-refractivity contribution >= 4 is 0 Å². The summed E-state index contributed by atoms with van der Waals surface area (Å²) in [4.78, 5) is 5.07. The van der Waals surface area contributed by atoms with Gasteiger partial charge in [-0.1, -0.05) is 30.3 Å². The Kier molecular flexibility index (Phi) is 4.94. The van der Waals surface area contributed by atoms with Crippen molar-refractivity contribution in [2.24, 2.45) is 0 Å². The molecule has 1 N–H and O–H groups in total. The molecule has 116 valence electrons. The fourth-order valence-electron chi connectivity index (χ4n) is 3.73. The molecule has 2 aliphatic heterocycles. The van der Waals surface area contributed by atoms with Crippen molar-refractivity contribution in [1.82, 2.24) is 15.1 Å². The largest absolute Gasteiger partial charge is 0.310 e. The third-order valence-electron chi connectivity index (χ3n) is 5.20. The van der Waals surface area contributed by atoms with Crippen LogP contribution in [0, 0.1) is 0 Å². The minimum Gasteiger partial charge on any atom is -0.310 e. The monoisotopic (exact) mass is 287 g/mol. The summed E-state index contributed by atoms with van der Waals surface area (Å²) < 4.78 is 0. The van der Waals surface area contributed by atoms with Gasteiger partial charge in [0.25, 0.3) is 0 Å². The highest BCUT2D eigenvalue weighted by atomic mass is 15.2. The Labute approximate surface area is 129 Å². The highest BCUT2D eigenvalue weighted by Crippen LogP contribution is 2.19. The number of benzene rings is 1. The minimum atomic E-state index is 0.689. The van der Waals surface area contributed by atoms with E-state index in [9.17, 15) is 0 Å². The lowest BCUT2D eigenvalue weighted by molar-refractivity contribution is 0.162. The van der Waals surface area contributed by atoms with E-state index in [4.69, 9.17) is 0 Å². The predicted octanol–water partition coefficient (Wildman–Crippen LogP) is 2.33. The number of hydrogen-bond acceptors (Lipinski definition) is 3. The van der Waals surface area contributed by atoms with E-state index in [1.165, 1.54) is 44.5 Å². The van der Waals surface area contributed by atoms with Crippen molar-refractivity contribution in [3.63, 3.8) is 0 Å². The van der Waals surface area contributed by atoms with Gasteiger partial charge in [-0.3, -0.25) is 4.90 Å². The lowest BCUT2D eigenvalue weighted by Crippen LogP contribution is -2.49. The van der Waals surface area contributed by atoms with Gasteiger partial charge < -0.3 is 10.2 Å². The summed E-state index contributed by atoms with van der Waals surface area (Å²) in [6, 6.07) is 13.0. The first kappa shape index (κ1) is 15.0. The predicted molar refractivity (Wildman–Crippen MR) is 88.4 cm³/mol. The highest BCUT2D eigenvalue weighted by molar-refractivity contribution is 5.14. The van der Waals surface area contributed by atoms with Crippen molar-refractivity contribution < 1.29 is 0 Å². The van der Waals surface area contributed by atoms with Crippen LogP contribution in [0.1, 0.15) is 31.7 Å². The standard InChI is InChI=1S/C18H29N3/c1-15-12-17(8-10-20(15)2)19-18-9-11-21(14-18)13-16-6-4-3-5-7-16/h3-7,15,17-19H,8-14H2,1-2H3. The number of nitrogens with zero attached hydrogens (tertiary/aromatic N) is 2. The van der Waals surface area contributed by atoms with E-state index in [1.807, 2.05) is 0 Å². The van der Waals surface area contributed by atoms with Gasteiger partial charge in [-0.2, -0.15) is 0 Å². The first-order chi connectivity index (χ1) is 10.2. The van der Waals surface area contributed by atoms with E-state index >= 15 is 0 Å². The van der Waals surface area contributed by atoms with Gasteiger partial charge in [0.2, 0.25) is 0 Å². The van der Waals surface area contributed by atoms with Crippen molar-refractivity contribution in [2.45, 2.75) is 50.9 Å². The Morgan fingerprint density at radius 1 is 1.10 bits per heavy atom. The smallest absolute Gasteiger partial charge is 0.0234 e. The van der Waals surface area contributed by atoms with Gasteiger partial charge in [0, 0.05) is 37.8 Å². The molecule has 3 rings (SSSR count). The van der Waals surface area contributed by atoms with Crippen molar-refractivity contribution in [3.05, 3.63) is 35.9 Å². The Morgan fingerprint density at radius 3 is 2.62 bits per heavy atom. The Bertz CT molecular complexity index is 433. The SMILES string of the molecule is CC1CC(NC2CCN(Cc3ccccc3)C2)CCN1C. The first-order valence-electron chi connectivity index (χ1n) is 8.43. The summed E-state index contributed by atoms with van der Waals surface area (Å²) in [6.45, 7) is 7.12. The summed E-state index contributed by atoms with van der Waals surface area (Å²) in [5.41, 5.74) is 1.44. The highest BCUT2D eigenvalue weighted by Gasteiger charge is 2.28. The molecule has 0 saturated carbocycles. The van der Waals surface area contributed by atoms with E-state index in [2.05, 4.69) is 59.4 Å². The van der Waals surface area contributed by atoms with Crippen LogP contribution in [-0.4, -0.2) is 54.6 Å². The molecule has 3 nitrogen and oxygen atoms in total. The summed E-state index contributed by atoms with van der Waals surface area (Å²) in [5.74, 6) is 0. The quantitative estimate of drug-likeness (QED) is 0.917. The average molecular weight is 287 g/mol. The third kappa shape index (κ3) is 4.06. The molecule has 1 aromatic rings. The summed E-state index contributed by atoms with van der Waals surface area (Å²) in [7, 11) is 2.25. The van der Waals surface area contributed by atoms with Gasteiger partial charge in [-0.15, -0.1) is 0 Å². The fraction of sp³-hybridized carbons (Fsp3) is 0.667. The zero-order valence-corrected chi connectivity index (χ0v) is 13.5. The number of hydrogen-bond donors (Lipinski definition) is 1. The Morgan fingerprint density at radius 2 is 1.86 bits per heavy atom. The van der Waals surface area contributed by atoms with Gasteiger partial charge in [-0.05, 0) is 45.3 Å². The first-order valence-corrected chi connectivity index (χ1v) is 8.43.